The maximum absolute atomic E-state index is 14.2. The SMILES string of the molecule is CCC[C@H](NC(=O)[C@@H](CCC)NC(=O)CN1CCN(CC)CCN(CC)CCN(CC)CC1)C(=O)NCCCN1Cc2cc(C(=O)N(Cc3ccccc3)Cc3ncc[nH]3)ccc2N[C@H](CC(=O)OC)C1=O. The quantitative estimate of drug-likeness (QED) is 0.0646. The molecular weight excluding hydrogens is 917 g/mol. The third kappa shape index (κ3) is 18.0. The fraction of sp³-hybridized carbons (Fsp3) is 0.604. The van der Waals surface area contributed by atoms with E-state index in [1.165, 1.54) is 7.11 Å². The molecule has 5 amide bonds. The molecule has 3 heterocycles. The zero-order valence-electron chi connectivity index (χ0n) is 43.8. The first-order chi connectivity index (χ1) is 34.9. The number of esters is 1. The Bertz CT molecular complexity index is 2140. The molecular formula is C53H82N12O7. The number of rotatable bonds is 24. The Morgan fingerprint density at radius 1 is 0.778 bits per heavy atom. The van der Waals surface area contributed by atoms with Crippen molar-refractivity contribution >= 4 is 41.2 Å². The number of methoxy groups -OCH3 is 1. The Morgan fingerprint density at radius 3 is 1.96 bits per heavy atom. The number of aromatic amines is 1. The van der Waals surface area contributed by atoms with Gasteiger partial charge in [-0.05, 0) is 68.2 Å². The van der Waals surface area contributed by atoms with Gasteiger partial charge in [0.05, 0.1) is 26.6 Å². The molecule has 5 N–H and O–H groups in total. The molecule has 2 aliphatic rings. The van der Waals surface area contributed by atoms with E-state index in [2.05, 4.69) is 71.6 Å². The molecule has 0 bridgehead atoms. The van der Waals surface area contributed by atoms with Crippen molar-refractivity contribution in [2.45, 2.75) is 111 Å². The molecule has 0 aliphatic carbocycles. The predicted molar refractivity (Wildman–Crippen MR) is 279 cm³/mol. The third-order valence-corrected chi connectivity index (χ3v) is 13.6. The van der Waals surface area contributed by atoms with E-state index in [4.69, 9.17) is 4.74 Å². The minimum absolute atomic E-state index is 0.147. The molecule has 0 radical (unpaired) electrons. The fourth-order valence-corrected chi connectivity index (χ4v) is 9.20. The van der Waals surface area contributed by atoms with E-state index in [0.717, 1.165) is 77.6 Å². The van der Waals surface area contributed by atoms with Crippen molar-refractivity contribution < 1.29 is 33.5 Å². The highest BCUT2D eigenvalue weighted by atomic mass is 16.5. The van der Waals surface area contributed by atoms with Gasteiger partial charge in [-0.3, -0.25) is 33.7 Å². The summed E-state index contributed by atoms with van der Waals surface area (Å²) in [6.07, 6.45) is 5.62. The summed E-state index contributed by atoms with van der Waals surface area (Å²) < 4.78 is 4.94. The number of imidazole rings is 1. The highest BCUT2D eigenvalue weighted by molar-refractivity contribution is 5.96. The smallest absolute Gasteiger partial charge is 0.308 e. The molecule has 2 aromatic carbocycles. The summed E-state index contributed by atoms with van der Waals surface area (Å²) in [6, 6.07) is 12.4. The number of benzene rings is 2. The molecule has 1 saturated heterocycles. The summed E-state index contributed by atoms with van der Waals surface area (Å²) in [4.78, 5) is 102. The van der Waals surface area contributed by atoms with Crippen LogP contribution in [0.3, 0.4) is 0 Å². The average molecular weight is 999 g/mol. The van der Waals surface area contributed by atoms with Gasteiger partial charge in [-0.15, -0.1) is 0 Å². The van der Waals surface area contributed by atoms with Crippen LogP contribution in [0, 0.1) is 0 Å². The second kappa shape index (κ2) is 30.2. The largest absolute Gasteiger partial charge is 0.469 e. The van der Waals surface area contributed by atoms with Crippen molar-refractivity contribution in [3.63, 3.8) is 0 Å². The van der Waals surface area contributed by atoms with E-state index in [1.54, 1.807) is 40.4 Å². The normalized spacial score (nSPS) is 17.5. The van der Waals surface area contributed by atoms with Crippen molar-refractivity contribution in [2.24, 2.45) is 0 Å². The van der Waals surface area contributed by atoms with E-state index < -0.39 is 30.0 Å². The Hall–Kier alpha value is -5.89. The maximum Gasteiger partial charge on any atom is 0.308 e. The van der Waals surface area contributed by atoms with Crippen LogP contribution in [0.15, 0.2) is 60.9 Å². The van der Waals surface area contributed by atoms with Gasteiger partial charge >= 0.3 is 5.97 Å². The molecule has 396 valence electrons. The average Bonchev–Trinajstić information content (AvgIpc) is 3.86. The van der Waals surface area contributed by atoms with Crippen LogP contribution in [-0.2, 0) is 48.3 Å². The summed E-state index contributed by atoms with van der Waals surface area (Å²) in [5.74, 6) is -1.43. The Morgan fingerprint density at radius 2 is 1.39 bits per heavy atom. The number of amides is 5. The summed E-state index contributed by atoms with van der Waals surface area (Å²) in [5, 5.41) is 12.1. The maximum atomic E-state index is 14.2. The zero-order valence-corrected chi connectivity index (χ0v) is 43.8. The number of nitrogens with one attached hydrogen (secondary N) is 5. The topological polar surface area (TPSA) is 208 Å². The van der Waals surface area contributed by atoms with E-state index in [1.807, 2.05) is 44.2 Å². The van der Waals surface area contributed by atoms with Crippen LogP contribution < -0.4 is 21.3 Å². The molecule has 19 nitrogen and oxygen atoms in total. The first-order valence-corrected chi connectivity index (χ1v) is 26.2. The van der Waals surface area contributed by atoms with E-state index >= 15 is 0 Å². The monoisotopic (exact) mass is 999 g/mol. The van der Waals surface area contributed by atoms with Gasteiger partial charge < -0.3 is 55.5 Å². The van der Waals surface area contributed by atoms with Gasteiger partial charge in [0.15, 0.2) is 0 Å². The van der Waals surface area contributed by atoms with Crippen molar-refractivity contribution in [1.82, 2.24) is 55.3 Å². The van der Waals surface area contributed by atoms with Crippen LogP contribution in [0.5, 0.6) is 0 Å². The lowest BCUT2D eigenvalue weighted by molar-refractivity contribution is -0.144. The van der Waals surface area contributed by atoms with Gasteiger partial charge in [0.1, 0.15) is 23.9 Å². The van der Waals surface area contributed by atoms with Gasteiger partial charge in [0, 0.05) is 102 Å². The lowest BCUT2D eigenvalue weighted by Gasteiger charge is -2.33. The molecule has 5 rings (SSSR count). The van der Waals surface area contributed by atoms with Crippen molar-refractivity contribution in [3.8, 4) is 0 Å². The van der Waals surface area contributed by atoms with E-state index in [9.17, 15) is 28.8 Å². The lowest BCUT2D eigenvalue weighted by Crippen LogP contribution is -2.55. The van der Waals surface area contributed by atoms with Crippen LogP contribution in [-0.4, -0.2) is 192 Å². The molecule has 0 unspecified atom stereocenters. The first kappa shape index (κ1) is 57.0. The number of likely N-dealkylation sites (N-methyl/N-ethyl adjacent to an activating group) is 3. The predicted octanol–water partition coefficient (Wildman–Crippen LogP) is 3.30. The zero-order chi connectivity index (χ0) is 51.8. The number of anilines is 1. The van der Waals surface area contributed by atoms with Gasteiger partial charge in [-0.1, -0.05) is 77.8 Å². The molecule has 72 heavy (non-hydrogen) atoms. The number of fused-ring (bicyclic) bond motifs is 1. The standard InChI is InChI=1S/C53H82N12O7/c1-7-16-44(59-51(69)45(17-8-2)58-48(66)39-63-32-30-61(10-4)28-26-60(9-3)27-29-62(11-5)31-33-63)50(68)56-22-15-25-64-37-42-34-41(20-21-43(42)57-46(53(64)71)35-49(67)72-6)52(70)65(38-47-54-23-24-55-47)36-40-18-13-12-14-19-40/h12-14,18-21,23-24,34,44-46,57H,7-11,15-17,22,25-33,35-39H2,1-6H3,(H,54,55)(H,56,68)(H,58,66)(H,59,69)/t44-,45+,46+/m0/s1. The molecule has 2 aliphatic heterocycles. The van der Waals surface area contributed by atoms with Crippen LogP contribution >= 0.6 is 0 Å². The van der Waals surface area contributed by atoms with Gasteiger partial charge in [0.25, 0.3) is 5.91 Å². The van der Waals surface area contributed by atoms with Gasteiger partial charge in [0.2, 0.25) is 23.6 Å². The molecule has 0 saturated carbocycles. The molecule has 1 aromatic heterocycles. The lowest BCUT2D eigenvalue weighted by atomic mass is 10.1. The van der Waals surface area contributed by atoms with Crippen LogP contribution in [0.1, 0.15) is 100 Å². The van der Waals surface area contributed by atoms with Crippen molar-refractivity contribution in [1.29, 1.82) is 0 Å². The Kier molecular flexibility index (Phi) is 23.9. The van der Waals surface area contributed by atoms with Crippen molar-refractivity contribution in [3.05, 3.63) is 83.4 Å². The van der Waals surface area contributed by atoms with Gasteiger partial charge in [-0.25, -0.2) is 4.98 Å². The number of nitrogens with zero attached hydrogens (tertiary/aromatic N) is 7. The van der Waals surface area contributed by atoms with Crippen molar-refractivity contribution in [2.75, 3.05) is 104 Å². The van der Waals surface area contributed by atoms with Crippen LogP contribution in [0.4, 0.5) is 5.69 Å². The second-order valence-corrected chi connectivity index (χ2v) is 18.8. The molecule has 1 fully saturated rings. The molecule has 3 atom stereocenters. The number of hydrogen-bond acceptors (Lipinski definition) is 13. The molecule has 0 spiro atoms. The Balaban J connectivity index is 1.20. The molecule has 19 heteroatoms. The van der Waals surface area contributed by atoms with Crippen LogP contribution in [0.2, 0.25) is 0 Å². The summed E-state index contributed by atoms with van der Waals surface area (Å²) in [6.45, 7) is 21.8. The third-order valence-electron chi connectivity index (χ3n) is 13.6. The van der Waals surface area contributed by atoms with E-state index in [0.29, 0.717) is 61.3 Å². The first-order valence-electron chi connectivity index (χ1n) is 26.2. The minimum Gasteiger partial charge on any atom is -0.469 e. The second-order valence-electron chi connectivity index (χ2n) is 18.8. The summed E-state index contributed by atoms with van der Waals surface area (Å²) in [7, 11) is 1.27. The van der Waals surface area contributed by atoms with Crippen LogP contribution in [0.25, 0.3) is 0 Å². The highest BCUT2D eigenvalue weighted by Crippen LogP contribution is 2.27. The number of carbonyl (C=O) groups excluding carboxylic acids is 6. The van der Waals surface area contributed by atoms with E-state index in [-0.39, 0.29) is 62.8 Å². The highest BCUT2D eigenvalue weighted by Gasteiger charge is 2.33. The number of ether oxygens (including phenoxy) is 1. The summed E-state index contributed by atoms with van der Waals surface area (Å²) >= 11 is 0. The number of H-pyrrole nitrogens is 1. The minimum atomic E-state index is -0.925. The number of carbonyl (C=O) groups is 6. The number of hydrogen-bond donors (Lipinski definition) is 5. The summed E-state index contributed by atoms with van der Waals surface area (Å²) in [5.41, 5.74) is 2.69. The Labute approximate surface area is 427 Å². The number of aromatic nitrogens is 2. The molecule has 3 aromatic rings. The fourth-order valence-electron chi connectivity index (χ4n) is 9.20. The van der Waals surface area contributed by atoms with Gasteiger partial charge in [-0.2, -0.15) is 0 Å².